The maximum atomic E-state index is 4.60. The molecule has 1 heterocycles. The molecule has 2 nitrogen and oxygen atoms in total. The fourth-order valence-corrected chi connectivity index (χ4v) is 2.06. The maximum Gasteiger partial charge on any atom is 0.117 e. The van der Waals surface area contributed by atoms with Crippen molar-refractivity contribution in [3.8, 4) is 0 Å². The summed E-state index contributed by atoms with van der Waals surface area (Å²) in [6, 6.07) is 6.25. The quantitative estimate of drug-likeness (QED) is 0.578. The highest BCUT2D eigenvalue weighted by molar-refractivity contribution is 8.14. The molecule has 0 radical (unpaired) electrons. The molecule has 0 aliphatic heterocycles. The van der Waals surface area contributed by atoms with Crippen LogP contribution in [0, 0.1) is 0 Å². The van der Waals surface area contributed by atoms with Crippen molar-refractivity contribution in [2.45, 2.75) is 39.0 Å². The summed E-state index contributed by atoms with van der Waals surface area (Å²) in [6.45, 7) is 8.51. The number of hydrogen-bond donors (Lipinski definition) is 0. The van der Waals surface area contributed by atoms with E-state index < -0.39 is 0 Å². The molecule has 3 heteroatoms. The Labute approximate surface area is 96.2 Å². The third-order valence-electron chi connectivity index (χ3n) is 1.61. The van der Waals surface area contributed by atoms with Gasteiger partial charge in [0.25, 0.3) is 0 Å². The van der Waals surface area contributed by atoms with Crippen molar-refractivity contribution in [3.05, 3.63) is 30.1 Å². The summed E-state index contributed by atoms with van der Waals surface area (Å²) >= 11 is 1.77. The van der Waals surface area contributed by atoms with Crippen LogP contribution in [0.1, 0.15) is 33.4 Å². The van der Waals surface area contributed by atoms with E-state index in [2.05, 4.69) is 37.7 Å². The van der Waals surface area contributed by atoms with Crippen LogP contribution >= 0.6 is 11.8 Å². The average molecular weight is 222 g/mol. The maximum absolute atomic E-state index is 4.60. The van der Waals surface area contributed by atoms with E-state index in [1.165, 1.54) is 0 Å². The van der Waals surface area contributed by atoms with Crippen molar-refractivity contribution >= 4 is 16.8 Å². The van der Waals surface area contributed by atoms with Gasteiger partial charge < -0.3 is 0 Å². The van der Waals surface area contributed by atoms with E-state index in [1.54, 1.807) is 11.8 Å². The van der Waals surface area contributed by atoms with Gasteiger partial charge in [0.05, 0.1) is 5.69 Å². The molecule has 0 N–H and O–H groups in total. The first-order chi connectivity index (χ1) is 7.09. The highest BCUT2D eigenvalue weighted by atomic mass is 32.2. The first kappa shape index (κ1) is 12.2. The van der Waals surface area contributed by atoms with Crippen LogP contribution in [-0.2, 0) is 0 Å². The molecule has 15 heavy (non-hydrogen) atoms. The van der Waals surface area contributed by atoms with Gasteiger partial charge in [0.2, 0.25) is 0 Å². The number of hydrogen-bond acceptors (Lipinski definition) is 3. The van der Waals surface area contributed by atoms with E-state index in [0.717, 1.165) is 10.7 Å². The second-order valence-corrected chi connectivity index (χ2v) is 5.47. The van der Waals surface area contributed by atoms with E-state index in [4.69, 9.17) is 0 Å². The Bertz CT molecular complexity index is 318. The lowest BCUT2D eigenvalue weighted by Crippen LogP contribution is -2.06. The predicted octanol–water partition coefficient (Wildman–Crippen LogP) is 3.38. The number of rotatable bonds is 3. The fraction of sp³-hybridized carbons (Fsp3) is 0.500. The number of thioether (sulfide) groups is 1. The summed E-state index contributed by atoms with van der Waals surface area (Å²) in [5.74, 6) is 0. The Morgan fingerprint density at radius 2 is 2.00 bits per heavy atom. The Morgan fingerprint density at radius 1 is 1.27 bits per heavy atom. The minimum absolute atomic E-state index is 0.313. The summed E-state index contributed by atoms with van der Waals surface area (Å²) in [5.41, 5.74) is 0.977. The molecule has 82 valence electrons. The van der Waals surface area contributed by atoms with Crippen LogP contribution in [0.5, 0.6) is 0 Å². The van der Waals surface area contributed by atoms with E-state index >= 15 is 0 Å². The van der Waals surface area contributed by atoms with Gasteiger partial charge in [-0.25, -0.2) is 0 Å². The molecule has 0 aliphatic rings. The summed E-state index contributed by atoms with van der Waals surface area (Å²) in [5, 5.41) is 1.57. The van der Waals surface area contributed by atoms with Crippen LogP contribution in [0.15, 0.2) is 29.4 Å². The zero-order chi connectivity index (χ0) is 11.3. The van der Waals surface area contributed by atoms with Crippen molar-refractivity contribution in [2.75, 3.05) is 0 Å². The largest absolute Gasteiger partial charge is 0.273 e. The molecule has 0 amide bonds. The molecule has 0 saturated heterocycles. The first-order valence-electron chi connectivity index (χ1n) is 5.25. The monoisotopic (exact) mass is 222 g/mol. The molecule has 0 bridgehead atoms. The van der Waals surface area contributed by atoms with Gasteiger partial charge in [-0.2, -0.15) is 0 Å². The van der Waals surface area contributed by atoms with Gasteiger partial charge in [0, 0.05) is 17.5 Å². The highest BCUT2D eigenvalue weighted by Crippen LogP contribution is 2.18. The molecular weight excluding hydrogens is 204 g/mol. The van der Waals surface area contributed by atoms with Gasteiger partial charge in [0.1, 0.15) is 5.04 Å². The lowest BCUT2D eigenvalue weighted by atomic mass is 10.3. The van der Waals surface area contributed by atoms with Crippen molar-refractivity contribution in [1.29, 1.82) is 0 Å². The third kappa shape index (κ3) is 4.47. The van der Waals surface area contributed by atoms with Gasteiger partial charge in [-0.1, -0.05) is 19.9 Å². The molecule has 1 aromatic heterocycles. The van der Waals surface area contributed by atoms with Gasteiger partial charge >= 0.3 is 0 Å². The van der Waals surface area contributed by atoms with E-state index in [1.807, 2.05) is 24.4 Å². The Hall–Kier alpha value is -0.830. The second kappa shape index (κ2) is 5.91. The number of aromatic nitrogens is 1. The second-order valence-electron chi connectivity index (χ2n) is 3.91. The molecule has 0 saturated carbocycles. The van der Waals surface area contributed by atoms with Crippen LogP contribution in [0.25, 0.3) is 0 Å². The number of nitrogens with zero attached hydrogens (tertiary/aromatic N) is 2. The standard InChI is InChI=1S/C12H18N2S/c1-9(2)14-12(15-10(3)4)11-7-5-6-8-13-11/h5-10H,1-4H3. The first-order valence-corrected chi connectivity index (χ1v) is 6.13. The van der Waals surface area contributed by atoms with E-state index in [9.17, 15) is 0 Å². The van der Waals surface area contributed by atoms with Crippen LogP contribution < -0.4 is 0 Å². The number of pyridine rings is 1. The fourth-order valence-electron chi connectivity index (χ4n) is 1.10. The van der Waals surface area contributed by atoms with Crippen molar-refractivity contribution in [2.24, 2.45) is 4.99 Å². The smallest absolute Gasteiger partial charge is 0.117 e. The van der Waals surface area contributed by atoms with Crippen molar-refractivity contribution in [1.82, 2.24) is 4.98 Å². The molecule has 0 aromatic carbocycles. The number of aliphatic imine (C=N–C) groups is 1. The van der Waals surface area contributed by atoms with E-state index in [0.29, 0.717) is 11.3 Å². The molecule has 1 rings (SSSR count). The molecule has 0 unspecified atom stereocenters. The zero-order valence-corrected chi connectivity index (χ0v) is 10.6. The lowest BCUT2D eigenvalue weighted by Gasteiger charge is -2.09. The van der Waals surface area contributed by atoms with Crippen LogP contribution in [0.3, 0.4) is 0 Å². The van der Waals surface area contributed by atoms with Gasteiger partial charge in [-0.3, -0.25) is 9.98 Å². The lowest BCUT2D eigenvalue weighted by molar-refractivity contribution is 0.839. The third-order valence-corrected chi connectivity index (χ3v) is 2.62. The van der Waals surface area contributed by atoms with Crippen LogP contribution in [0.2, 0.25) is 0 Å². The highest BCUT2D eigenvalue weighted by Gasteiger charge is 2.08. The summed E-state index contributed by atoms with van der Waals surface area (Å²) in [6.07, 6.45) is 1.81. The van der Waals surface area contributed by atoms with Crippen LogP contribution in [0.4, 0.5) is 0 Å². The van der Waals surface area contributed by atoms with Gasteiger partial charge in [-0.05, 0) is 26.0 Å². The topological polar surface area (TPSA) is 25.2 Å². The van der Waals surface area contributed by atoms with Gasteiger partial charge in [0.15, 0.2) is 0 Å². The molecular formula is C12H18N2S. The summed E-state index contributed by atoms with van der Waals surface area (Å²) in [4.78, 5) is 8.94. The SMILES string of the molecule is CC(C)N=C(SC(C)C)c1ccccn1. The summed E-state index contributed by atoms with van der Waals surface area (Å²) < 4.78 is 0. The predicted molar refractivity (Wildman–Crippen MR) is 68.6 cm³/mol. The summed E-state index contributed by atoms with van der Waals surface area (Å²) in [7, 11) is 0. The zero-order valence-electron chi connectivity index (χ0n) is 9.77. The van der Waals surface area contributed by atoms with Crippen molar-refractivity contribution in [3.63, 3.8) is 0 Å². The molecule has 0 spiro atoms. The van der Waals surface area contributed by atoms with Crippen LogP contribution in [-0.4, -0.2) is 21.3 Å². The van der Waals surface area contributed by atoms with Gasteiger partial charge in [-0.15, -0.1) is 11.8 Å². The average Bonchev–Trinajstić information content (AvgIpc) is 2.17. The minimum Gasteiger partial charge on any atom is -0.273 e. The van der Waals surface area contributed by atoms with E-state index in [-0.39, 0.29) is 0 Å². The molecule has 0 atom stereocenters. The Morgan fingerprint density at radius 3 is 2.47 bits per heavy atom. The normalized spacial score (nSPS) is 12.5. The van der Waals surface area contributed by atoms with Crippen molar-refractivity contribution < 1.29 is 0 Å². The molecule has 0 aliphatic carbocycles. The molecule has 0 fully saturated rings. The molecule has 1 aromatic rings. The Balaban J connectivity index is 2.92. The Kier molecular flexibility index (Phi) is 4.82. The minimum atomic E-state index is 0.313.